The van der Waals surface area contributed by atoms with E-state index in [1.165, 1.54) is 0 Å². The maximum atomic E-state index is 11.8. The maximum Gasteiger partial charge on any atom is 0.136 e. The summed E-state index contributed by atoms with van der Waals surface area (Å²) in [5.41, 5.74) is 0.121. The zero-order valence-corrected chi connectivity index (χ0v) is 9.66. The van der Waals surface area contributed by atoms with Gasteiger partial charge >= 0.3 is 0 Å². The van der Waals surface area contributed by atoms with Gasteiger partial charge in [0.2, 0.25) is 0 Å². The summed E-state index contributed by atoms with van der Waals surface area (Å²) in [6.07, 6.45) is 6.06. The molecule has 0 spiro atoms. The van der Waals surface area contributed by atoms with E-state index >= 15 is 0 Å². The van der Waals surface area contributed by atoms with Crippen LogP contribution >= 0.6 is 0 Å². The van der Waals surface area contributed by atoms with Crippen LogP contribution in [0.15, 0.2) is 0 Å². The number of carbonyl (C=O) groups is 2. The molecule has 0 N–H and O–H groups in total. The predicted octanol–water partition coefficient (Wildman–Crippen LogP) is 2.61. The highest BCUT2D eigenvalue weighted by Crippen LogP contribution is 2.56. The van der Waals surface area contributed by atoms with Crippen molar-refractivity contribution in [3.05, 3.63) is 0 Å². The lowest BCUT2D eigenvalue weighted by atomic mass is 9.62. The van der Waals surface area contributed by atoms with E-state index in [0.29, 0.717) is 11.7 Å². The Bertz CT molecular complexity index is 284. The number of hydrogen-bond donors (Lipinski definition) is 0. The van der Waals surface area contributed by atoms with Crippen molar-refractivity contribution in [2.24, 2.45) is 23.2 Å². The smallest absolute Gasteiger partial charge is 0.136 e. The van der Waals surface area contributed by atoms with Crippen molar-refractivity contribution < 1.29 is 9.59 Å². The van der Waals surface area contributed by atoms with Crippen molar-refractivity contribution in [3.8, 4) is 0 Å². The Morgan fingerprint density at radius 3 is 2.87 bits per heavy atom. The molecule has 2 nitrogen and oxygen atoms in total. The number of ketones is 1. The predicted molar refractivity (Wildman–Crippen MR) is 58.4 cm³/mol. The van der Waals surface area contributed by atoms with Crippen molar-refractivity contribution in [2.45, 2.75) is 46.0 Å². The normalized spacial score (nSPS) is 42.4. The molecule has 0 aromatic rings. The maximum absolute atomic E-state index is 11.8. The van der Waals surface area contributed by atoms with Gasteiger partial charge in [0.1, 0.15) is 12.1 Å². The van der Waals surface area contributed by atoms with Crippen LogP contribution in [-0.4, -0.2) is 12.1 Å². The zero-order chi connectivity index (χ0) is 11.1. The third kappa shape index (κ3) is 1.54. The number of fused-ring (bicyclic) bond motifs is 1. The first-order chi connectivity index (χ1) is 7.09. The van der Waals surface area contributed by atoms with Gasteiger partial charge in [0.15, 0.2) is 0 Å². The van der Waals surface area contributed by atoms with E-state index < -0.39 is 0 Å². The van der Waals surface area contributed by atoms with E-state index in [-0.39, 0.29) is 17.3 Å². The van der Waals surface area contributed by atoms with Gasteiger partial charge in [-0.1, -0.05) is 13.8 Å². The van der Waals surface area contributed by atoms with Crippen molar-refractivity contribution in [1.82, 2.24) is 0 Å². The van der Waals surface area contributed by atoms with Gasteiger partial charge in [0.05, 0.1) is 0 Å². The summed E-state index contributed by atoms with van der Waals surface area (Å²) in [5, 5.41) is 0. The van der Waals surface area contributed by atoms with Crippen LogP contribution in [0.1, 0.15) is 46.0 Å². The minimum absolute atomic E-state index is 0.117. The standard InChI is InChI=1S/C13H20O2/c1-9(8-14)10-5-6-11-12(15)4-3-7-13(10,11)2/h8-11H,3-7H2,1-2H3/t9-,10-,11+,13?/m1/s1. The third-order valence-corrected chi connectivity index (χ3v) is 4.79. The molecule has 0 radical (unpaired) electrons. The molecule has 84 valence electrons. The molecule has 2 fully saturated rings. The van der Waals surface area contributed by atoms with Gasteiger partial charge in [-0.2, -0.15) is 0 Å². The van der Waals surface area contributed by atoms with Crippen molar-refractivity contribution in [2.75, 3.05) is 0 Å². The van der Waals surface area contributed by atoms with Gasteiger partial charge in [-0.15, -0.1) is 0 Å². The molecule has 0 heterocycles. The Labute approximate surface area is 91.4 Å². The Morgan fingerprint density at radius 2 is 2.20 bits per heavy atom. The van der Waals surface area contributed by atoms with E-state index in [4.69, 9.17) is 0 Å². The van der Waals surface area contributed by atoms with Crippen molar-refractivity contribution in [3.63, 3.8) is 0 Å². The quantitative estimate of drug-likeness (QED) is 0.654. The summed E-state index contributed by atoms with van der Waals surface area (Å²) in [5.74, 6) is 1.25. The molecule has 15 heavy (non-hydrogen) atoms. The molecule has 2 aliphatic rings. The lowest BCUT2D eigenvalue weighted by molar-refractivity contribution is -0.131. The summed E-state index contributed by atoms with van der Waals surface area (Å²) in [7, 11) is 0. The van der Waals surface area contributed by atoms with Gasteiger partial charge < -0.3 is 4.79 Å². The van der Waals surface area contributed by atoms with Crippen LogP contribution in [0.3, 0.4) is 0 Å². The second-order valence-electron chi connectivity index (χ2n) is 5.56. The Hall–Kier alpha value is -0.660. The molecule has 1 unspecified atom stereocenters. The van der Waals surface area contributed by atoms with Crippen LogP contribution in [0.25, 0.3) is 0 Å². The molecule has 2 saturated carbocycles. The Morgan fingerprint density at radius 1 is 1.47 bits per heavy atom. The molecule has 0 aliphatic heterocycles. The largest absolute Gasteiger partial charge is 0.303 e. The minimum Gasteiger partial charge on any atom is -0.303 e. The summed E-state index contributed by atoms with van der Waals surface area (Å²) in [6.45, 7) is 4.23. The highest BCUT2D eigenvalue weighted by atomic mass is 16.1. The average molecular weight is 208 g/mol. The van der Waals surface area contributed by atoms with Crippen LogP contribution in [0.5, 0.6) is 0 Å². The van der Waals surface area contributed by atoms with E-state index in [2.05, 4.69) is 6.92 Å². The van der Waals surface area contributed by atoms with Crippen molar-refractivity contribution in [1.29, 1.82) is 0 Å². The Kier molecular flexibility index (Phi) is 2.70. The third-order valence-electron chi connectivity index (χ3n) is 4.79. The molecule has 2 aliphatic carbocycles. The summed E-state index contributed by atoms with van der Waals surface area (Å²) >= 11 is 0. The van der Waals surface area contributed by atoms with Crippen LogP contribution in [0.4, 0.5) is 0 Å². The first-order valence-corrected chi connectivity index (χ1v) is 6.07. The molecular weight excluding hydrogens is 188 g/mol. The van der Waals surface area contributed by atoms with E-state index in [9.17, 15) is 9.59 Å². The van der Waals surface area contributed by atoms with Gasteiger partial charge in [0, 0.05) is 18.3 Å². The summed E-state index contributed by atoms with van der Waals surface area (Å²) in [4.78, 5) is 22.8. The first kappa shape index (κ1) is 10.8. The number of carbonyl (C=O) groups excluding carboxylic acids is 2. The number of Topliss-reactive ketones (excluding diaryl/α,β-unsaturated/α-hetero) is 1. The molecule has 4 atom stereocenters. The molecule has 0 aromatic carbocycles. The van der Waals surface area contributed by atoms with Crippen LogP contribution < -0.4 is 0 Å². The molecular formula is C13H20O2. The topological polar surface area (TPSA) is 34.1 Å². The number of rotatable bonds is 2. The molecule has 0 saturated heterocycles. The van der Waals surface area contributed by atoms with Gasteiger partial charge in [-0.05, 0) is 37.0 Å². The lowest BCUT2D eigenvalue weighted by Gasteiger charge is -2.41. The number of hydrogen-bond acceptors (Lipinski definition) is 2. The fourth-order valence-electron chi connectivity index (χ4n) is 3.93. The number of aldehydes is 1. The molecule has 2 heteroatoms. The van der Waals surface area contributed by atoms with Crippen LogP contribution in [-0.2, 0) is 9.59 Å². The highest BCUT2D eigenvalue weighted by molar-refractivity contribution is 5.83. The summed E-state index contributed by atoms with van der Waals surface area (Å²) in [6, 6.07) is 0. The zero-order valence-electron chi connectivity index (χ0n) is 9.66. The lowest BCUT2D eigenvalue weighted by Crippen LogP contribution is -2.39. The fraction of sp³-hybridized carbons (Fsp3) is 0.846. The second-order valence-corrected chi connectivity index (χ2v) is 5.56. The molecule has 2 rings (SSSR count). The van der Waals surface area contributed by atoms with Gasteiger partial charge in [-0.3, -0.25) is 4.79 Å². The van der Waals surface area contributed by atoms with E-state index in [0.717, 1.165) is 38.4 Å². The first-order valence-electron chi connectivity index (χ1n) is 6.07. The van der Waals surface area contributed by atoms with Gasteiger partial charge in [-0.25, -0.2) is 0 Å². The van der Waals surface area contributed by atoms with Gasteiger partial charge in [0.25, 0.3) is 0 Å². The minimum atomic E-state index is 0.117. The average Bonchev–Trinajstić information content (AvgIpc) is 2.56. The second kappa shape index (κ2) is 3.73. The monoisotopic (exact) mass is 208 g/mol. The molecule has 0 aromatic heterocycles. The SMILES string of the molecule is C[C@H](C=O)[C@H]1CC[C@H]2C(=O)CCCC12C. The van der Waals surface area contributed by atoms with E-state index in [1.54, 1.807) is 0 Å². The highest BCUT2D eigenvalue weighted by Gasteiger charge is 2.52. The fourth-order valence-corrected chi connectivity index (χ4v) is 3.93. The molecule has 0 amide bonds. The van der Waals surface area contributed by atoms with Crippen molar-refractivity contribution >= 4 is 12.1 Å². The van der Waals surface area contributed by atoms with Crippen LogP contribution in [0, 0.1) is 23.2 Å². The molecule has 0 bridgehead atoms. The van der Waals surface area contributed by atoms with Crippen LogP contribution in [0.2, 0.25) is 0 Å². The Balaban J connectivity index is 2.24. The summed E-state index contributed by atoms with van der Waals surface area (Å²) < 4.78 is 0. The van der Waals surface area contributed by atoms with E-state index in [1.807, 2.05) is 6.92 Å².